The fraction of sp³-hybridized carbons (Fsp3) is 0.333. The van der Waals surface area contributed by atoms with Crippen molar-refractivity contribution in [2.24, 2.45) is 0 Å². The van der Waals surface area contributed by atoms with Gasteiger partial charge in [-0.3, -0.25) is 4.79 Å². The third-order valence-corrected chi connectivity index (χ3v) is 3.78. The standard InChI is InChI=1S/C18H22N2O4/c1-3-4-8-15(18(22)23)19-17(21)14-12-20(10-11-24-2)16-9-6-5-7-13(14)16/h3-7,9,12,15H,8,10-11H2,1-2H3,(H,19,21)(H,22,23)/b4-3+. The van der Waals surface area contributed by atoms with Crippen molar-refractivity contribution in [3.05, 3.63) is 48.2 Å². The Bertz CT molecular complexity index is 749. The normalized spacial score (nSPS) is 12.6. The molecule has 2 aromatic rings. The summed E-state index contributed by atoms with van der Waals surface area (Å²) >= 11 is 0. The molecule has 2 N–H and O–H groups in total. The lowest BCUT2D eigenvalue weighted by molar-refractivity contribution is -0.139. The Labute approximate surface area is 140 Å². The Morgan fingerprint density at radius 2 is 2.12 bits per heavy atom. The molecule has 24 heavy (non-hydrogen) atoms. The van der Waals surface area contributed by atoms with Gasteiger partial charge in [-0.2, -0.15) is 0 Å². The minimum Gasteiger partial charge on any atom is -0.480 e. The number of benzene rings is 1. The van der Waals surface area contributed by atoms with Gasteiger partial charge >= 0.3 is 5.97 Å². The van der Waals surface area contributed by atoms with E-state index in [1.165, 1.54) is 0 Å². The van der Waals surface area contributed by atoms with Gasteiger partial charge in [-0.25, -0.2) is 4.79 Å². The van der Waals surface area contributed by atoms with Gasteiger partial charge in [-0.05, 0) is 19.4 Å². The zero-order valence-corrected chi connectivity index (χ0v) is 13.9. The molecule has 6 nitrogen and oxygen atoms in total. The Hall–Kier alpha value is -2.60. The van der Waals surface area contributed by atoms with Crippen molar-refractivity contribution < 1.29 is 19.4 Å². The molecule has 0 fully saturated rings. The molecule has 1 amide bonds. The number of carboxylic acid groups (broad SMARTS) is 1. The van der Waals surface area contributed by atoms with Gasteiger partial charge in [0.1, 0.15) is 6.04 Å². The zero-order chi connectivity index (χ0) is 17.5. The lowest BCUT2D eigenvalue weighted by atomic mass is 10.1. The van der Waals surface area contributed by atoms with Gasteiger partial charge in [-0.1, -0.05) is 30.4 Å². The van der Waals surface area contributed by atoms with Crippen LogP contribution < -0.4 is 5.32 Å². The first-order valence-electron chi connectivity index (χ1n) is 7.80. The fourth-order valence-electron chi connectivity index (χ4n) is 2.53. The summed E-state index contributed by atoms with van der Waals surface area (Å²) in [6.45, 7) is 2.95. The molecule has 0 spiro atoms. The van der Waals surface area contributed by atoms with E-state index in [-0.39, 0.29) is 12.3 Å². The smallest absolute Gasteiger partial charge is 0.326 e. The van der Waals surface area contributed by atoms with Crippen molar-refractivity contribution in [3.8, 4) is 0 Å². The zero-order valence-electron chi connectivity index (χ0n) is 13.9. The monoisotopic (exact) mass is 330 g/mol. The number of rotatable bonds is 8. The molecule has 0 saturated carbocycles. The quantitative estimate of drug-likeness (QED) is 0.729. The first-order valence-corrected chi connectivity index (χ1v) is 7.80. The number of hydrogen-bond donors (Lipinski definition) is 2. The molecular formula is C18H22N2O4. The predicted octanol–water partition coefficient (Wildman–Crippen LogP) is 2.44. The van der Waals surface area contributed by atoms with E-state index >= 15 is 0 Å². The van der Waals surface area contributed by atoms with Crippen LogP contribution in [0, 0.1) is 0 Å². The van der Waals surface area contributed by atoms with Gasteiger partial charge in [0, 0.05) is 30.8 Å². The van der Waals surface area contributed by atoms with E-state index in [1.807, 2.05) is 35.8 Å². The van der Waals surface area contributed by atoms with Crippen LogP contribution in [0.4, 0.5) is 0 Å². The molecular weight excluding hydrogens is 308 g/mol. The van der Waals surface area contributed by atoms with E-state index < -0.39 is 12.0 Å². The SMILES string of the molecule is C/C=C/CC(NC(=O)c1cn(CCOC)c2ccccc12)C(=O)O. The molecule has 0 aliphatic carbocycles. The van der Waals surface area contributed by atoms with Crippen LogP contribution in [0.25, 0.3) is 10.9 Å². The summed E-state index contributed by atoms with van der Waals surface area (Å²) in [6.07, 6.45) is 5.48. The number of fused-ring (bicyclic) bond motifs is 1. The van der Waals surface area contributed by atoms with E-state index in [1.54, 1.807) is 25.5 Å². The summed E-state index contributed by atoms with van der Waals surface area (Å²) in [4.78, 5) is 23.9. The van der Waals surface area contributed by atoms with Crippen LogP contribution in [-0.2, 0) is 16.1 Å². The Balaban J connectivity index is 2.29. The highest BCUT2D eigenvalue weighted by Crippen LogP contribution is 2.21. The molecule has 0 aliphatic heterocycles. The minimum absolute atomic E-state index is 0.250. The first kappa shape index (κ1) is 17.7. The average Bonchev–Trinajstić information content (AvgIpc) is 2.95. The second-order valence-corrected chi connectivity index (χ2v) is 5.42. The summed E-state index contributed by atoms with van der Waals surface area (Å²) in [7, 11) is 1.62. The number of carboxylic acids is 1. The lowest BCUT2D eigenvalue weighted by Crippen LogP contribution is -2.40. The first-order chi connectivity index (χ1) is 11.6. The van der Waals surface area contributed by atoms with E-state index in [4.69, 9.17) is 4.74 Å². The number of nitrogens with one attached hydrogen (secondary N) is 1. The van der Waals surface area contributed by atoms with E-state index in [2.05, 4.69) is 5.32 Å². The molecule has 0 radical (unpaired) electrons. The maximum absolute atomic E-state index is 12.6. The van der Waals surface area contributed by atoms with Gasteiger partial charge in [0.15, 0.2) is 0 Å². The molecule has 2 rings (SSSR count). The van der Waals surface area contributed by atoms with Gasteiger partial charge < -0.3 is 19.7 Å². The van der Waals surface area contributed by atoms with Gasteiger partial charge in [0.05, 0.1) is 12.2 Å². The highest BCUT2D eigenvalue weighted by Gasteiger charge is 2.22. The number of amides is 1. The van der Waals surface area contributed by atoms with Gasteiger partial charge in [-0.15, -0.1) is 0 Å². The van der Waals surface area contributed by atoms with Crippen molar-refractivity contribution in [3.63, 3.8) is 0 Å². The maximum Gasteiger partial charge on any atom is 0.326 e. The summed E-state index contributed by atoms with van der Waals surface area (Å²) in [5.41, 5.74) is 1.38. The number of carbonyl (C=O) groups is 2. The van der Waals surface area contributed by atoms with Crippen molar-refractivity contribution in [1.82, 2.24) is 9.88 Å². The number of methoxy groups -OCH3 is 1. The summed E-state index contributed by atoms with van der Waals surface area (Å²) < 4.78 is 7.04. The molecule has 1 heterocycles. The molecule has 0 bridgehead atoms. The number of aromatic nitrogens is 1. The number of aliphatic carboxylic acids is 1. The molecule has 0 aliphatic rings. The van der Waals surface area contributed by atoms with Gasteiger partial charge in [0.25, 0.3) is 5.91 Å². The summed E-state index contributed by atoms with van der Waals surface area (Å²) in [5.74, 6) is -1.44. The van der Waals surface area contributed by atoms with Crippen LogP contribution in [0.5, 0.6) is 0 Å². The average molecular weight is 330 g/mol. The lowest BCUT2D eigenvalue weighted by Gasteiger charge is -2.12. The minimum atomic E-state index is -1.05. The van der Waals surface area contributed by atoms with Crippen LogP contribution in [0.1, 0.15) is 23.7 Å². The third-order valence-electron chi connectivity index (χ3n) is 3.78. The molecule has 0 saturated heterocycles. The Kier molecular flexibility index (Phi) is 6.14. The fourth-order valence-corrected chi connectivity index (χ4v) is 2.53. The van der Waals surface area contributed by atoms with E-state index in [9.17, 15) is 14.7 Å². The number of allylic oxidation sites excluding steroid dienone is 1. The number of nitrogens with zero attached hydrogens (tertiary/aromatic N) is 1. The molecule has 6 heteroatoms. The molecule has 1 atom stereocenters. The number of carbonyl (C=O) groups excluding carboxylic acids is 1. The Morgan fingerprint density at radius 3 is 2.79 bits per heavy atom. The van der Waals surface area contributed by atoms with Crippen LogP contribution in [0.3, 0.4) is 0 Å². The van der Waals surface area contributed by atoms with Crippen LogP contribution >= 0.6 is 0 Å². The Morgan fingerprint density at radius 1 is 1.38 bits per heavy atom. The molecule has 1 aromatic carbocycles. The van der Waals surface area contributed by atoms with E-state index in [0.29, 0.717) is 18.7 Å². The number of para-hydroxylation sites is 1. The highest BCUT2D eigenvalue weighted by atomic mass is 16.5. The largest absolute Gasteiger partial charge is 0.480 e. The van der Waals surface area contributed by atoms with Crippen molar-refractivity contribution in [2.75, 3.05) is 13.7 Å². The number of ether oxygens (including phenoxy) is 1. The second kappa shape index (κ2) is 8.31. The van der Waals surface area contributed by atoms with E-state index in [0.717, 1.165) is 10.9 Å². The van der Waals surface area contributed by atoms with Crippen LogP contribution in [0.15, 0.2) is 42.6 Å². The summed E-state index contributed by atoms with van der Waals surface area (Å²) in [5, 5.41) is 12.6. The molecule has 1 aromatic heterocycles. The van der Waals surface area contributed by atoms with Crippen molar-refractivity contribution >= 4 is 22.8 Å². The topological polar surface area (TPSA) is 80.6 Å². The second-order valence-electron chi connectivity index (χ2n) is 5.42. The van der Waals surface area contributed by atoms with Crippen molar-refractivity contribution in [2.45, 2.75) is 25.9 Å². The van der Waals surface area contributed by atoms with Crippen LogP contribution in [0.2, 0.25) is 0 Å². The molecule has 128 valence electrons. The predicted molar refractivity (Wildman–Crippen MR) is 92.1 cm³/mol. The van der Waals surface area contributed by atoms with Gasteiger partial charge in [0.2, 0.25) is 0 Å². The summed E-state index contributed by atoms with van der Waals surface area (Å²) in [6, 6.07) is 6.59. The number of hydrogen-bond acceptors (Lipinski definition) is 3. The molecule has 1 unspecified atom stereocenters. The third kappa shape index (κ3) is 4.02. The highest BCUT2D eigenvalue weighted by molar-refractivity contribution is 6.07. The van der Waals surface area contributed by atoms with Crippen molar-refractivity contribution in [1.29, 1.82) is 0 Å². The van der Waals surface area contributed by atoms with Crippen LogP contribution in [-0.4, -0.2) is 41.3 Å². The maximum atomic E-state index is 12.6.